The summed E-state index contributed by atoms with van der Waals surface area (Å²) in [7, 11) is 0. The van der Waals surface area contributed by atoms with Crippen molar-refractivity contribution in [3.63, 3.8) is 0 Å². The molecule has 0 radical (unpaired) electrons. The molecule has 0 aliphatic heterocycles. The van der Waals surface area contributed by atoms with E-state index in [0.29, 0.717) is 18.8 Å². The molecule has 0 unspecified atom stereocenters. The van der Waals surface area contributed by atoms with Gasteiger partial charge >= 0.3 is 0 Å². The number of likely N-dealkylation sites (N-methyl/N-ethyl adjacent to an activating group) is 1. The van der Waals surface area contributed by atoms with Crippen LogP contribution in [-0.2, 0) is 4.79 Å². The maximum atomic E-state index is 13.4. The molecule has 4 nitrogen and oxygen atoms in total. The van der Waals surface area contributed by atoms with E-state index in [9.17, 15) is 9.18 Å². The minimum Gasteiger partial charge on any atom is -0.397 e. The number of para-hydroxylation sites is 1. The van der Waals surface area contributed by atoms with E-state index < -0.39 is 5.82 Å². The Labute approximate surface area is 101 Å². The van der Waals surface area contributed by atoms with Crippen LogP contribution in [0, 0.1) is 5.82 Å². The van der Waals surface area contributed by atoms with E-state index in [0.717, 1.165) is 0 Å². The highest BCUT2D eigenvalue weighted by molar-refractivity contribution is 5.82. The van der Waals surface area contributed by atoms with E-state index in [4.69, 9.17) is 5.73 Å². The van der Waals surface area contributed by atoms with Gasteiger partial charge in [-0.25, -0.2) is 4.39 Å². The molecule has 5 heteroatoms. The average molecular weight is 239 g/mol. The van der Waals surface area contributed by atoms with Crippen molar-refractivity contribution in [1.29, 1.82) is 0 Å². The Morgan fingerprint density at radius 2 is 2.06 bits per heavy atom. The molecular weight excluding hydrogens is 221 g/mol. The van der Waals surface area contributed by atoms with E-state index in [1.165, 1.54) is 12.1 Å². The third-order valence-corrected chi connectivity index (χ3v) is 2.58. The van der Waals surface area contributed by atoms with Gasteiger partial charge in [0.05, 0.1) is 17.9 Å². The predicted octanol–water partition coefficient (Wildman–Crippen LogP) is 1.69. The third-order valence-electron chi connectivity index (χ3n) is 2.58. The first-order valence-electron chi connectivity index (χ1n) is 5.65. The van der Waals surface area contributed by atoms with Crippen LogP contribution in [0.2, 0.25) is 0 Å². The van der Waals surface area contributed by atoms with Crippen molar-refractivity contribution in [3.05, 3.63) is 24.0 Å². The molecule has 1 rings (SSSR count). The molecule has 1 aromatic carbocycles. The van der Waals surface area contributed by atoms with Crippen molar-refractivity contribution in [2.24, 2.45) is 0 Å². The van der Waals surface area contributed by atoms with Crippen LogP contribution in [0.4, 0.5) is 15.8 Å². The number of benzene rings is 1. The highest BCUT2D eigenvalue weighted by Gasteiger charge is 2.11. The molecule has 0 saturated carbocycles. The first-order valence-corrected chi connectivity index (χ1v) is 5.65. The fourth-order valence-electron chi connectivity index (χ4n) is 1.58. The number of hydrogen-bond acceptors (Lipinski definition) is 3. The highest BCUT2D eigenvalue weighted by Crippen LogP contribution is 2.21. The van der Waals surface area contributed by atoms with Gasteiger partial charge in [-0.2, -0.15) is 0 Å². The topological polar surface area (TPSA) is 58.4 Å². The minimum absolute atomic E-state index is 0.0484. The van der Waals surface area contributed by atoms with Crippen molar-refractivity contribution in [1.82, 2.24) is 4.90 Å². The Morgan fingerprint density at radius 3 is 2.59 bits per heavy atom. The summed E-state index contributed by atoms with van der Waals surface area (Å²) in [6.45, 7) is 5.14. The quantitative estimate of drug-likeness (QED) is 0.769. The SMILES string of the molecule is CCN(CC)C(=O)CNc1c(N)cccc1F. The fraction of sp³-hybridized carbons (Fsp3) is 0.417. The van der Waals surface area contributed by atoms with Crippen molar-refractivity contribution < 1.29 is 9.18 Å². The summed E-state index contributed by atoms with van der Waals surface area (Å²) in [6.07, 6.45) is 0. The molecule has 0 aromatic heterocycles. The molecule has 1 amide bonds. The maximum absolute atomic E-state index is 13.4. The number of carbonyl (C=O) groups is 1. The van der Waals surface area contributed by atoms with Gasteiger partial charge in [0.15, 0.2) is 0 Å². The van der Waals surface area contributed by atoms with Crippen LogP contribution in [-0.4, -0.2) is 30.4 Å². The summed E-state index contributed by atoms with van der Waals surface area (Å²) >= 11 is 0. The maximum Gasteiger partial charge on any atom is 0.241 e. The number of nitrogens with zero attached hydrogens (tertiary/aromatic N) is 1. The molecule has 0 spiro atoms. The lowest BCUT2D eigenvalue weighted by atomic mass is 10.2. The smallest absolute Gasteiger partial charge is 0.241 e. The normalized spacial score (nSPS) is 10.1. The van der Waals surface area contributed by atoms with E-state index in [1.54, 1.807) is 11.0 Å². The lowest BCUT2D eigenvalue weighted by molar-refractivity contribution is -0.128. The Morgan fingerprint density at radius 1 is 1.41 bits per heavy atom. The van der Waals surface area contributed by atoms with Gasteiger partial charge in [0.2, 0.25) is 5.91 Å². The van der Waals surface area contributed by atoms with Gasteiger partial charge < -0.3 is 16.0 Å². The lowest BCUT2D eigenvalue weighted by Crippen LogP contribution is -2.35. The summed E-state index contributed by atoms with van der Waals surface area (Å²) < 4.78 is 13.4. The molecule has 0 aliphatic carbocycles. The van der Waals surface area contributed by atoms with Gasteiger partial charge in [-0.3, -0.25) is 4.79 Å². The van der Waals surface area contributed by atoms with Crippen molar-refractivity contribution in [3.8, 4) is 0 Å². The molecule has 3 N–H and O–H groups in total. The number of amides is 1. The summed E-state index contributed by atoms with van der Waals surface area (Å²) in [5.74, 6) is -0.519. The zero-order valence-corrected chi connectivity index (χ0v) is 10.2. The van der Waals surface area contributed by atoms with Crippen LogP contribution in [0.25, 0.3) is 0 Å². The van der Waals surface area contributed by atoms with Crippen LogP contribution in [0.5, 0.6) is 0 Å². The van der Waals surface area contributed by atoms with E-state index in [1.807, 2.05) is 13.8 Å². The van der Waals surface area contributed by atoms with Crippen molar-refractivity contribution in [2.75, 3.05) is 30.7 Å². The largest absolute Gasteiger partial charge is 0.397 e. The summed E-state index contributed by atoms with van der Waals surface area (Å²) in [6, 6.07) is 4.43. The van der Waals surface area contributed by atoms with E-state index >= 15 is 0 Å². The van der Waals surface area contributed by atoms with Crippen LogP contribution in [0.15, 0.2) is 18.2 Å². The van der Waals surface area contributed by atoms with Crippen LogP contribution in [0.1, 0.15) is 13.8 Å². The Kier molecular flexibility index (Phi) is 4.75. The van der Waals surface area contributed by atoms with Crippen LogP contribution in [0.3, 0.4) is 0 Å². The molecule has 0 fully saturated rings. The average Bonchev–Trinajstić information content (AvgIpc) is 2.30. The number of nitrogens with two attached hydrogens (primary N) is 1. The third kappa shape index (κ3) is 3.34. The second kappa shape index (κ2) is 6.08. The number of nitrogens with one attached hydrogen (secondary N) is 1. The minimum atomic E-state index is -0.447. The van der Waals surface area contributed by atoms with Gasteiger partial charge in [-0.1, -0.05) is 6.07 Å². The van der Waals surface area contributed by atoms with E-state index in [-0.39, 0.29) is 18.1 Å². The molecule has 94 valence electrons. The Hall–Kier alpha value is -1.78. The molecule has 0 bridgehead atoms. The molecule has 17 heavy (non-hydrogen) atoms. The first kappa shape index (κ1) is 13.3. The second-order valence-corrected chi connectivity index (χ2v) is 3.62. The molecule has 1 aromatic rings. The van der Waals surface area contributed by atoms with Gasteiger partial charge in [0.25, 0.3) is 0 Å². The van der Waals surface area contributed by atoms with Gasteiger partial charge in [0, 0.05) is 13.1 Å². The number of anilines is 2. The number of carbonyl (C=O) groups excluding carboxylic acids is 1. The van der Waals surface area contributed by atoms with Gasteiger partial charge in [0.1, 0.15) is 5.82 Å². The second-order valence-electron chi connectivity index (χ2n) is 3.62. The zero-order chi connectivity index (χ0) is 12.8. The van der Waals surface area contributed by atoms with Crippen LogP contribution < -0.4 is 11.1 Å². The summed E-state index contributed by atoms with van der Waals surface area (Å²) in [5, 5.41) is 2.74. The summed E-state index contributed by atoms with van der Waals surface area (Å²) in [4.78, 5) is 13.4. The fourth-order valence-corrected chi connectivity index (χ4v) is 1.58. The number of hydrogen-bond donors (Lipinski definition) is 2. The monoisotopic (exact) mass is 239 g/mol. The van der Waals surface area contributed by atoms with E-state index in [2.05, 4.69) is 5.32 Å². The molecule has 0 atom stereocenters. The van der Waals surface area contributed by atoms with Gasteiger partial charge in [-0.15, -0.1) is 0 Å². The Bertz CT molecular complexity index is 371. The number of halogens is 1. The first-order chi connectivity index (χ1) is 8.10. The van der Waals surface area contributed by atoms with Gasteiger partial charge in [-0.05, 0) is 26.0 Å². The van der Waals surface area contributed by atoms with Crippen molar-refractivity contribution in [2.45, 2.75) is 13.8 Å². The zero-order valence-electron chi connectivity index (χ0n) is 10.2. The molecule has 0 heterocycles. The molecule has 0 saturated heterocycles. The molecule has 0 aliphatic rings. The number of rotatable bonds is 5. The highest BCUT2D eigenvalue weighted by atomic mass is 19.1. The number of nitrogen functional groups attached to an aromatic ring is 1. The van der Waals surface area contributed by atoms with Crippen LogP contribution >= 0.6 is 0 Å². The Balaban J connectivity index is 2.64. The summed E-state index contributed by atoms with van der Waals surface area (Å²) in [5.41, 5.74) is 6.11. The standard InChI is InChI=1S/C12H18FN3O/c1-3-16(4-2)11(17)8-15-12-9(13)6-5-7-10(12)14/h5-7,15H,3-4,8,14H2,1-2H3. The van der Waals surface area contributed by atoms with Crippen molar-refractivity contribution >= 4 is 17.3 Å². The lowest BCUT2D eigenvalue weighted by Gasteiger charge is -2.19. The molecular formula is C12H18FN3O. The predicted molar refractivity (Wildman–Crippen MR) is 67.2 cm³/mol.